The van der Waals surface area contributed by atoms with Crippen LogP contribution in [0.25, 0.3) is 10.2 Å². The Balaban J connectivity index is 0.00000261. The van der Waals surface area contributed by atoms with E-state index in [1.807, 2.05) is 44.1 Å². The number of carbonyl (C=O) groups excluding carboxylic acids is 1. The van der Waals surface area contributed by atoms with Gasteiger partial charge in [-0.2, -0.15) is 5.10 Å². The van der Waals surface area contributed by atoms with Gasteiger partial charge in [0.1, 0.15) is 17.0 Å². The zero-order chi connectivity index (χ0) is 18.8. The Morgan fingerprint density at radius 1 is 1.30 bits per heavy atom. The van der Waals surface area contributed by atoms with Gasteiger partial charge in [-0.05, 0) is 38.7 Å². The van der Waals surface area contributed by atoms with Gasteiger partial charge in [-0.1, -0.05) is 17.4 Å². The number of aromatic nitrogens is 3. The molecule has 0 aliphatic heterocycles. The highest BCUT2D eigenvalue weighted by atomic mass is 35.5. The van der Waals surface area contributed by atoms with Gasteiger partial charge in [-0.15, -0.1) is 12.4 Å². The third kappa shape index (κ3) is 4.23. The summed E-state index contributed by atoms with van der Waals surface area (Å²) in [6, 6.07) is 5.80. The van der Waals surface area contributed by atoms with E-state index in [4.69, 9.17) is 9.72 Å². The lowest BCUT2D eigenvalue weighted by Crippen LogP contribution is -2.38. The monoisotopic (exact) mass is 409 g/mol. The maximum Gasteiger partial charge on any atom is 0.278 e. The van der Waals surface area contributed by atoms with Crippen molar-refractivity contribution in [2.24, 2.45) is 7.05 Å². The van der Waals surface area contributed by atoms with Crippen LogP contribution in [0, 0.1) is 6.92 Å². The van der Waals surface area contributed by atoms with Crippen molar-refractivity contribution < 1.29 is 9.53 Å². The molecule has 3 rings (SSSR count). The van der Waals surface area contributed by atoms with Crippen molar-refractivity contribution in [1.29, 1.82) is 0 Å². The van der Waals surface area contributed by atoms with Gasteiger partial charge >= 0.3 is 0 Å². The fourth-order valence-electron chi connectivity index (χ4n) is 2.76. The fraction of sp³-hybridized carbons (Fsp3) is 0.389. The van der Waals surface area contributed by atoms with Crippen LogP contribution in [-0.4, -0.2) is 59.9 Å². The summed E-state index contributed by atoms with van der Waals surface area (Å²) >= 11 is 1.49. The van der Waals surface area contributed by atoms with Crippen LogP contribution in [-0.2, 0) is 7.05 Å². The number of hydrogen-bond donors (Lipinski definition) is 0. The third-order valence-corrected chi connectivity index (χ3v) is 5.21. The van der Waals surface area contributed by atoms with E-state index in [0.717, 1.165) is 22.3 Å². The number of anilines is 1. The molecule has 1 aromatic carbocycles. The number of benzene rings is 1. The van der Waals surface area contributed by atoms with Crippen molar-refractivity contribution in [2.45, 2.75) is 6.92 Å². The number of aryl methyl sites for hydroxylation is 2. The molecule has 0 radical (unpaired) electrons. The quantitative estimate of drug-likeness (QED) is 0.626. The second-order valence-electron chi connectivity index (χ2n) is 6.36. The molecule has 0 spiro atoms. The van der Waals surface area contributed by atoms with Gasteiger partial charge in [0, 0.05) is 20.1 Å². The standard InChI is InChI=1S/C18H23N5O2S.ClH/c1-12-11-19-22(4)16(12)17(24)23(10-9-21(2)3)18-20-15-13(25-5)7-6-8-14(15)26-18;/h6-8,11H,9-10H2,1-5H3;1H. The zero-order valence-corrected chi connectivity index (χ0v) is 17.7. The lowest BCUT2D eigenvalue weighted by Gasteiger charge is -2.22. The average Bonchev–Trinajstić information content (AvgIpc) is 3.17. The van der Waals surface area contributed by atoms with E-state index in [0.29, 0.717) is 23.1 Å². The number of carbonyl (C=O) groups is 1. The number of halogens is 1. The zero-order valence-electron chi connectivity index (χ0n) is 16.1. The van der Waals surface area contributed by atoms with E-state index in [1.165, 1.54) is 11.3 Å². The molecule has 0 unspecified atom stereocenters. The summed E-state index contributed by atoms with van der Waals surface area (Å²) in [5.74, 6) is 0.615. The van der Waals surface area contributed by atoms with Crippen molar-refractivity contribution in [3.05, 3.63) is 35.7 Å². The highest BCUT2D eigenvalue weighted by molar-refractivity contribution is 7.22. The largest absolute Gasteiger partial charge is 0.494 e. The summed E-state index contributed by atoms with van der Waals surface area (Å²) in [6.07, 6.45) is 1.71. The second kappa shape index (κ2) is 8.69. The van der Waals surface area contributed by atoms with E-state index < -0.39 is 0 Å². The molecule has 0 fully saturated rings. The van der Waals surface area contributed by atoms with E-state index in [-0.39, 0.29) is 18.3 Å². The molecule has 0 saturated heterocycles. The van der Waals surface area contributed by atoms with Crippen LogP contribution in [0.4, 0.5) is 5.13 Å². The first-order valence-corrected chi connectivity index (χ1v) is 9.12. The maximum atomic E-state index is 13.3. The molecule has 9 heteroatoms. The topological polar surface area (TPSA) is 63.5 Å². The molecule has 2 heterocycles. The number of thiazole rings is 1. The normalized spacial score (nSPS) is 10.9. The van der Waals surface area contributed by atoms with Crippen LogP contribution in [0.2, 0.25) is 0 Å². The summed E-state index contributed by atoms with van der Waals surface area (Å²) in [6.45, 7) is 3.17. The third-order valence-electron chi connectivity index (χ3n) is 4.16. The lowest BCUT2D eigenvalue weighted by atomic mass is 10.2. The molecule has 0 aliphatic carbocycles. The van der Waals surface area contributed by atoms with Gasteiger partial charge in [0.15, 0.2) is 5.13 Å². The molecular weight excluding hydrogens is 386 g/mol. The molecule has 0 atom stereocenters. The van der Waals surface area contributed by atoms with Gasteiger partial charge in [0.25, 0.3) is 5.91 Å². The Hall–Kier alpha value is -2.16. The highest BCUT2D eigenvalue weighted by Crippen LogP contribution is 2.34. The van der Waals surface area contributed by atoms with Gasteiger partial charge in [-0.25, -0.2) is 4.98 Å². The molecular formula is C18H24ClN5O2S. The Kier molecular flexibility index (Phi) is 6.80. The Labute approximate surface area is 169 Å². The van der Waals surface area contributed by atoms with E-state index >= 15 is 0 Å². The number of para-hydroxylation sites is 1. The molecule has 0 N–H and O–H groups in total. The first kappa shape index (κ1) is 21.1. The Morgan fingerprint density at radius 3 is 2.63 bits per heavy atom. The minimum Gasteiger partial charge on any atom is -0.494 e. The van der Waals surface area contributed by atoms with Gasteiger partial charge in [0.05, 0.1) is 18.0 Å². The predicted molar refractivity (Wildman–Crippen MR) is 112 cm³/mol. The summed E-state index contributed by atoms with van der Waals surface area (Å²) < 4.78 is 8.02. The molecule has 0 saturated carbocycles. The minimum atomic E-state index is -0.0950. The smallest absolute Gasteiger partial charge is 0.278 e. The number of amides is 1. The van der Waals surface area contributed by atoms with Gasteiger partial charge in [-0.3, -0.25) is 14.4 Å². The number of nitrogens with zero attached hydrogens (tertiary/aromatic N) is 5. The second-order valence-corrected chi connectivity index (χ2v) is 7.37. The predicted octanol–water partition coefficient (Wildman–Crippen LogP) is 2.98. The summed E-state index contributed by atoms with van der Waals surface area (Å²) in [5, 5.41) is 4.86. The number of ether oxygens (including phenoxy) is 1. The number of hydrogen-bond acceptors (Lipinski definition) is 6. The van der Waals surface area contributed by atoms with Crippen molar-refractivity contribution in [3.63, 3.8) is 0 Å². The van der Waals surface area contributed by atoms with Crippen LogP contribution < -0.4 is 9.64 Å². The molecule has 3 aromatic rings. The average molecular weight is 410 g/mol. The van der Waals surface area contributed by atoms with Crippen LogP contribution in [0.5, 0.6) is 5.75 Å². The van der Waals surface area contributed by atoms with Crippen LogP contribution in [0.1, 0.15) is 16.1 Å². The minimum absolute atomic E-state index is 0. The van der Waals surface area contributed by atoms with Crippen LogP contribution in [0.3, 0.4) is 0 Å². The van der Waals surface area contributed by atoms with E-state index in [9.17, 15) is 4.79 Å². The fourth-order valence-corrected chi connectivity index (χ4v) is 3.77. The summed E-state index contributed by atoms with van der Waals surface area (Å²) in [5.41, 5.74) is 2.21. The van der Waals surface area contributed by atoms with Crippen molar-refractivity contribution >= 4 is 45.0 Å². The first-order chi connectivity index (χ1) is 12.4. The Bertz CT molecular complexity index is 918. The van der Waals surface area contributed by atoms with Crippen LogP contribution >= 0.6 is 23.7 Å². The molecule has 1 amide bonds. The van der Waals surface area contributed by atoms with Gasteiger partial charge < -0.3 is 9.64 Å². The van der Waals surface area contributed by atoms with Crippen molar-refractivity contribution in [3.8, 4) is 5.75 Å². The molecule has 146 valence electrons. The molecule has 0 bridgehead atoms. The maximum absolute atomic E-state index is 13.3. The van der Waals surface area contributed by atoms with Gasteiger partial charge in [0.2, 0.25) is 0 Å². The summed E-state index contributed by atoms with van der Waals surface area (Å²) in [7, 11) is 7.38. The molecule has 0 aliphatic rings. The first-order valence-electron chi connectivity index (χ1n) is 8.31. The SMILES string of the molecule is COc1cccc2sc(N(CCN(C)C)C(=O)c3c(C)cnn3C)nc12.Cl. The highest BCUT2D eigenvalue weighted by Gasteiger charge is 2.25. The van der Waals surface area contributed by atoms with E-state index in [1.54, 1.807) is 29.9 Å². The lowest BCUT2D eigenvalue weighted by molar-refractivity contribution is 0.0975. The molecule has 7 nitrogen and oxygen atoms in total. The van der Waals surface area contributed by atoms with Crippen molar-refractivity contribution in [1.82, 2.24) is 19.7 Å². The molecule has 27 heavy (non-hydrogen) atoms. The summed E-state index contributed by atoms with van der Waals surface area (Å²) in [4.78, 5) is 21.8. The number of methoxy groups -OCH3 is 1. The number of rotatable bonds is 6. The number of likely N-dealkylation sites (N-methyl/N-ethyl adjacent to an activating group) is 1. The van der Waals surface area contributed by atoms with Crippen molar-refractivity contribution in [2.75, 3.05) is 39.2 Å². The van der Waals surface area contributed by atoms with E-state index in [2.05, 4.69) is 5.10 Å². The van der Waals surface area contributed by atoms with Crippen LogP contribution in [0.15, 0.2) is 24.4 Å². The number of fused-ring (bicyclic) bond motifs is 1. The Morgan fingerprint density at radius 2 is 2.04 bits per heavy atom. The molecule has 2 aromatic heterocycles.